The number of anilines is 1. The number of hydrogen-bond donors (Lipinski definition) is 1. The summed E-state index contributed by atoms with van der Waals surface area (Å²) in [5.41, 5.74) is 1.27. The summed E-state index contributed by atoms with van der Waals surface area (Å²) in [5, 5.41) is 3.99. The van der Waals surface area contributed by atoms with E-state index in [9.17, 15) is 13.6 Å². The first-order valence-electron chi connectivity index (χ1n) is 7.48. The third-order valence-corrected chi connectivity index (χ3v) is 5.10. The highest BCUT2D eigenvalue weighted by molar-refractivity contribution is 7.13. The Balaban J connectivity index is 1.98. The Morgan fingerprint density at radius 1 is 1.15 bits per heavy atom. The van der Waals surface area contributed by atoms with Crippen molar-refractivity contribution in [2.45, 2.75) is 13.3 Å². The summed E-state index contributed by atoms with van der Waals surface area (Å²) in [6.07, 6.45) is -2.82. The lowest BCUT2D eigenvalue weighted by atomic mass is 10.0. The Hall–Kier alpha value is -2.02. The molecule has 0 fully saturated rings. The Kier molecular flexibility index (Phi) is 5.55. The predicted molar refractivity (Wildman–Crippen MR) is 102 cm³/mol. The van der Waals surface area contributed by atoms with Gasteiger partial charge in [-0.1, -0.05) is 47.5 Å². The fourth-order valence-corrected chi connectivity index (χ4v) is 3.80. The zero-order valence-electron chi connectivity index (χ0n) is 13.4. The van der Waals surface area contributed by atoms with E-state index in [0.29, 0.717) is 31.9 Å². The molecule has 0 bridgehead atoms. The lowest BCUT2D eigenvalue weighted by Gasteiger charge is -2.12. The minimum Gasteiger partial charge on any atom is -0.321 e. The number of alkyl halides is 2. The molecule has 3 nitrogen and oxygen atoms in total. The first kappa shape index (κ1) is 18.8. The van der Waals surface area contributed by atoms with Crippen LogP contribution in [0.2, 0.25) is 10.0 Å². The summed E-state index contributed by atoms with van der Waals surface area (Å²) in [6, 6.07) is 12.0. The maximum atomic E-state index is 13.1. The second kappa shape index (κ2) is 7.70. The zero-order chi connectivity index (χ0) is 18.8. The van der Waals surface area contributed by atoms with Crippen LogP contribution in [0.3, 0.4) is 0 Å². The van der Waals surface area contributed by atoms with Crippen molar-refractivity contribution in [3.8, 4) is 11.1 Å². The van der Waals surface area contributed by atoms with Crippen LogP contribution >= 0.6 is 34.5 Å². The molecule has 3 rings (SSSR count). The van der Waals surface area contributed by atoms with Crippen LogP contribution in [0.5, 0.6) is 0 Å². The van der Waals surface area contributed by atoms with Crippen molar-refractivity contribution in [1.82, 2.24) is 4.98 Å². The number of rotatable bonds is 4. The molecule has 8 heteroatoms. The molecule has 0 saturated carbocycles. The highest BCUT2D eigenvalue weighted by atomic mass is 35.5. The van der Waals surface area contributed by atoms with Gasteiger partial charge in [-0.25, -0.2) is 13.8 Å². The van der Waals surface area contributed by atoms with Gasteiger partial charge in [-0.2, -0.15) is 0 Å². The van der Waals surface area contributed by atoms with E-state index in [1.165, 1.54) is 0 Å². The number of aryl methyl sites for hydroxylation is 1. The fourth-order valence-electron chi connectivity index (χ4n) is 2.47. The molecule has 1 amide bonds. The smallest absolute Gasteiger partial charge is 0.282 e. The maximum Gasteiger partial charge on any atom is 0.282 e. The predicted octanol–water partition coefficient (Wildman–Crippen LogP) is 6.62. The molecule has 0 aliphatic rings. The number of amides is 1. The topological polar surface area (TPSA) is 42.0 Å². The van der Waals surface area contributed by atoms with Crippen molar-refractivity contribution < 1.29 is 13.6 Å². The van der Waals surface area contributed by atoms with Crippen molar-refractivity contribution in [3.05, 3.63) is 68.1 Å². The Morgan fingerprint density at radius 3 is 2.58 bits per heavy atom. The molecular formula is C18H12Cl2F2N2OS. The van der Waals surface area contributed by atoms with E-state index in [4.69, 9.17) is 23.2 Å². The number of benzene rings is 2. The summed E-state index contributed by atoms with van der Waals surface area (Å²) in [6.45, 7) is 1.58. The van der Waals surface area contributed by atoms with Gasteiger partial charge in [0, 0.05) is 26.9 Å². The number of hydrogen-bond acceptors (Lipinski definition) is 3. The molecule has 0 unspecified atom stereocenters. The Labute approximate surface area is 162 Å². The van der Waals surface area contributed by atoms with Crippen molar-refractivity contribution in [2.24, 2.45) is 0 Å². The Morgan fingerprint density at radius 2 is 1.88 bits per heavy atom. The van der Waals surface area contributed by atoms with Gasteiger partial charge in [0.05, 0.1) is 5.01 Å². The number of para-hydroxylation sites is 1. The van der Waals surface area contributed by atoms with Gasteiger partial charge in [0.15, 0.2) is 0 Å². The third kappa shape index (κ3) is 3.87. The average Bonchev–Trinajstić information content (AvgIpc) is 2.98. The molecular weight excluding hydrogens is 401 g/mol. The van der Waals surface area contributed by atoms with E-state index >= 15 is 0 Å². The van der Waals surface area contributed by atoms with Crippen molar-refractivity contribution in [2.75, 3.05) is 5.32 Å². The van der Waals surface area contributed by atoms with Gasteiger partial charge >= 0.3 is 0 Å². The summed E-state index contributed by atoms with van der Waals surface area (Å²) in [4.78, 5) is 16.2. The highest BCUT2D eigenvalue weighted by Crippen LogP contribution is 2.35. The van der Waals surface area contributed by atoms with Crippen LogP contribution in [0.1, 0.15) is 26.8 Å². The molecule has 2 aromatic carbocycles. The molecule has 0 atom stereocenters. The van der Waals surface area contributed by atoms with Gasteiger partial charge in [0.2, 0.25) is 0 Å². The monoisotopic (exact) mass is 412 g/mol. The highest BCUT2D eigenvalue weighted by Gasteiger charge is 2.24. The number of nitrogens with zero attached hydrogens (tertiary/aromatic N) is 1. The molecule has 0 aliphatic heterocycles. The van der Waals surface area contributed by atoms with Crippen molar-refractivity contribution in [3.63, 3.8) is 0 Å². The summed E-state index contributed by atoms with van der Waals surface area (Å²) in [5.74, 6) is -0.636. The molecule has 0 saturated heterocycles. The van der Waals surface area contributed by atoms with Crippen LogP contribution < -0.4 is 5.32 Å². The number of carbonyl (C=O) groups is 1. The van der Waals surface area contributed by atoms with Crippen LogP contribution in [-0.4, -0.2) is 10.9 Å². The zero-order valence-corrected chi connectivity index (χ0v) is 15.7. The van der Waals surface area contributed by atoms with Gasteiger partial charge < -0.3 is 5.32 Å². The van der Waals surface area contributed by atoms with Crippen LogP contribution in [-0.2, 0) is 0 Å². The molecule has 3 aromatic rings. The van der Waals surface area contributed by atoms with E-state index < -0.39 is 18.0 Å². The molecule has 1 N–H and O–H groups in total. The summed E-state index contributed by atoms with van der Waals surface area (Å²) >= 11 is 13.1. The number of aromatic nitrogens is 1. The van der Waals surface area contributed by atoms with Gasteiger partial charge in [-0.3, -0.25) is 4.79 Å². The van der Waals surface area contributed by atoms with Crippen LogP contribution in [0.25, 0.3) is 11.1 Å². The number of thiazole rings is 1. The standard InChI is InChI=1S/C18H12Cl2F2N2OS/c1-9-23-15(17(21)22)16(26-9)18(25)24-14-5-3-2-4-12(14)11-7-6-10(19)8-13(11)20/h2-8,17H,1H3,(H,24,25). The van der Waals surface area contributed by atoms with E-state index in [1.807, 2.05) is 0 Å². The minimum absolute atomic E-state index is 0.102. The molecule has 1 heterocycles. The SMILES string of the molecule is Cc1nc(C(F)F)c(C(=O)Nc2ccccc2-c2ccc(Cl)cc2Cl)s1. The van der Waals surface area contributed by atoms with Crippen LogP contribution in [0.4, 0.5) is 14.5 Å². The van der Waals surface area contributed by atoms with Crippen LogP contribution in [0, 0.1) is 6.92 Å². The average molecular weight is 413 g/mol. The number of nitrogens with one attached hydrogen (secondary N) is 1. The second-order valence-corrected chi connectivity index (χ2v) is 7.42. The Bertz CT molecular complexity index is 976. The summed E-state index contributed by atoms with van der Waals surface area (Å²) < 4.78 is 26.2. The minimum atomic E-state index is -2.82. The molecule has 0 spiro atoms. The lowest BCUT2D eigenvalue weighted by Crippen LogP contribution is -2.13. The maximum absolute atomic E-state index is 13.1. The number of halogens is 4. The van der Waals surface area contributed by atoms with E-state index in [2.05, 4.69) is 10.3 Å². The molecule has 0 aliphatic carbocycles. The third-order valence-electron chi connectivity index (χ3n) is 3.57. The first-order valence-corrected chi connectivity index (χ1v) is 9.05. The largest absolute Gasteiger partial charge is 0.321 e. The van der Waals surface area contributed by atoms with Crippen molar-refractivity contribution in [1.29, 1.82) is 0 Å². The van der Waals surface area contributed by atoms with E-state index in [0.717, 1.165) is 11.3 Å². The lowest BCUT2D eigenvalue weighted by molar-refractivity contribution is 0.101. The molecule has 0 radical (unpaired) electrons. The van der Waals surface area contributed by atoms with Gasteiger partial charge in [0.1, 0.15) is 10.6 Å². The summed E-state index contributed by atoms with van der Waals surface area (Å²) in [7, 11) is 0. The van der Waals surface area contributed by atoms with E-state index in [-0.39, 0.29) is 4.88 Å². The van der Waals surface area contributed by atoms with Crippen molar-refractivity contribution >= 4 is 46.1 Å². The van der Waals surface area contributed by atoms with E-state index in [1.54, 1.807) is 49.4 Å². The fraction of sp³-hybridized carbons (Fsp3) is 0.111. The molecule has 1 aromatic heterocycles. The van der Waals surface area contributed by atoms with Crippen LogP contribution in [0.15, 0.2) is 42.5 Å². The quantitative estimate of drug-likeness (QED) is 0.523. The molecule has 134 valence electrons. The van der Waals surface area contributed by atoms with Gasteiger partial charge in [-0.05, 0) is 25.1 Å². The molecule has 26 heavy (non-hydrogen) atoms. The second-order valence-electron chi connectivity index (χ2n) is 5.37. The normalized spacial score (nSPS) is 11.0. The first-order chi connectivity index (χ1) is 12.4. The number of carbonyl (C=O) groups excluding carboxylic acids is 1. The van der Waals surface area contributed by atoms with Gasteiger partial charge in [-0.15, -0.1) is 11.3 Å². The van der Waals surface area contributed by atoms with Gasteiger partial charge in [0.25, 0.3) is 12.3 Å².